The highest BCUT2D eigenvalue weighted by atomic mass is 19.4. The van der Waals surface area contributed by atoms with Crippen molar-refractivity contribution in [1.29, 1.82) is 0 Å². The van der Waals surface area contributed by atoms with Crippen LogP contribution in [0.2, 0.25) is 0 Å². The molecular formula is C16H17F7N2O3. The number of phenolic OH excluding ortho intramolecular Hbond substituents is 1. The largest absolute Gasteiger partial charge is 0.506 e. The number of alkyl halides is 7. The minimum Gasteiger partial charge on any atom is -0.506 e. The van der Waals surface area contributed by atoms with Crippen molar-refractivity contribution in [1.82, 2.24) is 0 Å². The molecule has 0 spiro atoms. The van der Waals surface area contributed by atoms with Gasteiger partial charge in [0.05, 0.1) is 5.69 Å². The number of para-hydroxylation sites is 1. The van der Waals surface area contributed by atoms with E-state index in [9.17, 15) is 45.4 Å². The van der Waals surface area contributed by atoms with Crippen molar-refractivity contribution < 1.29 is 45.4 Å². The van der Waals surface area contributed by atoms with Crippen molar-refractivity contribution in [3.8, 4) is 5.75 Å². The molecule has 0 aliphatic heterocycles. The summed E-state index contributed by atoms with van der Waals surface area (Å²) in [6.45, 7) is 1.87. The first kappa shape index (κ1) is 23.5. The second-order valence-corrected chi connectivity index (χ2v) is 5.81. The first-order valence-corrected chi connectivity index (χ1v) is 8.01. The third-order valence-corrected chi connectivity index (χ3v) is 3.60. The molecule has 12 heteroatoms. The lowest BCUT2D eigenvalue weighted by Gasteiger charge is -2.27. The number of carbonyl (C=O) groups excluding carboxylic acids is 2. The fourth-order valence-electron chi connectivity index (χ4n) is 2.04. The maximum Gasteiger partial charge on any atom is 0.460 e. The van der Waals surface area contributed by atoms with Gasteiger partial charge < -0.3 is 15.7 Å². The molecule has 0 saturated heterocycles. The van der Waals surface area contributed by atoms with Gasteiger partial charge in [-0.2, -0.15) is 30.7 Å². The summed E-state index contributed by atoms with van der Waals surface area (Å²) in [5.41, 5.74) is -1.38. The number of unbranched alkanes of at least 4 members (excludes halogenated alkanes) is 2. The molecule has 1 rings (SSSR count). The maximum atomic E-state index is 13.5. The summed E-state index contributed by atoms with van der Waals surface area (Å²) in [6, 6.07) is 3.02. The lowest BCUT2D eigenvalue weighted by molar-refractivity contribution is -0.343. The highest BCUT2D eigenvalue weighted by Crippen LogP contribution is 2.47. The minimum atomic E-state index is -6.69. The number of phenols is 1. The van der Waals surface area contributed by atoms with E-state index >= 15 is 0 Å². The number of aromatic hydroxyl groups is 1. The van der Waals surface area contributed by atoms with Crippen LogP contribution in [0.25, 0.3) is 0 Å². The third kappa shape index (κ3) is 5.04. The van der Waals surface area contributed by atoms with Crippen LogP contribution in [0, 0.1) is 0 Å². The first-order valence-electron chi connectivity index (χ1n) is 8.01. The SMILES string of the molecule is CCCCCC(=O)Nc1cccc(O)c1NC(=O)C(F)(F)C(F)(F)C(F)(F)F. The van der Waals surface area contributed by atoms with E-state index < -0.39 is 47.0 Å². The fourth-order valence-corrected chi connectivity index (χ4v) is 2.04. The molecule has 0 unspecified atom stereocenters. The normalized spacial score (nSPS) is 12.6. The molecule has 28 heavy (non-hydrogen) atoms. The molecule has 0 aliphatic rings. The lowest BCUT2D eigenvalue weighted by atomic mass is 10.1. The molecule has 0 aromatic heterocycles. The predicted molar refractivity (Wildman–Crippen MR) is 85.5 cm³/mol. The van der Waals surface area contributed by atoms with Gasteiger partial charge in [0.1, 0.15) is 11.4 Å². The van der Waals surface area contributed by atoms with Gasteiger partial charge in [0.15, 0.2) is 0 Å². The number of hydrogen-bond acceptors (Lipinski definition) is 3. The van der Waals surface area contributed by atoms with E-state index in [2.05, 4.69) is 5.32 Å². The van der Waals surface area contributed by atoms with Crippen LogP contribution in [0.15, 0.2) is 18.2 Å². The third-order valence-electron chi connectivity index (χ3n) is 3.60. The number of halogens is 7. The van der Waals surface area contributed by atoms with Crippen LogP contribution in [0.3, 0.4) is 0 Å². The molecule has 5 nitrogen and oxygen atoms in total. The van der Waals surface area contributed by atoms with Crippen LogP contribution in [0.1, 0.15) is 32.6 Å². The number of nitrogens with one attached hydrogen (secondary N) is 2. The van der Waals surface area contributed by atoms with Crippen LogP contribution in [-0.4, -0.2) is 34.9 Å². The quantitative estimate of drug-likeness (QED) is 0.326. The predicted octanol–water partition coefficient (Wildman–Crippen LogP) is 4.68. The molecule has 2 amide bonds. The Morgan fingerprint density at radius 3 is 2.14 bits per heavy atom. The van der Waals surface area contributed by atoms with Gasteiger partial charge in [-0.25, -0.2) is 0 Å². The molecule has 3 N–H and O–H groups in total. The van der Waals surface area contributed by atoms with Crippen molar-refractivity contribution in [2.24, 2.45) is 0 Å². The number of hydrogen-bond donors (Lipinski definition) is 3. The number of amides is 2. The van der Waals surface area contributed by atoms with Crippen LogP contribution in [-0.2, 0) is 9.59 Å². The van der Waals surface area contributed by atoms with Gasteiger partial charge >= 0.3 is 23.9 Å². The summed E-state index contributed by atoms with van der Waals surface area (Å²) in [5.74, 6) is -17.4. The van der Waals surface area contributed by atoms with E-state index in [1.54, 1.807) is 0 Å². The van der Waals surface area contributed by atoms with Crippen molar-refractivity contribution >= 4 is 23.2 Å². The second kappa shape index (κ2) is 8.65. The molecule has 0 aliphatic carbocycles. The van der Waals surface area contributed by atoms with E-state index in [1.807, 2.05) is 6.92 Å². The van der Waals surface area contributed by atoms with Crippen LogP contribution in [0.5, 0.6) is 5.75 Å². The van der Waals surface area contributed by atoms with Gasteiger partial charge in [0.2, 0.25) is 5.91 Å². The summed E-state index contributed by atoms with van der Waals surface area (Å²) >= 11 is 0. The maximum absolute atomic E-state index is 13.5. The van der Waals surface area contributed by atoms with Crippen molar-refractivity contribution in [3.63, 3.8) is 0 Å². The van der Waals surface area contributed by atoms with Crippen LogP contribution >= 0.6 is 0 Å². The molecule has 0 radical (unpaired) electrons. The topological polar surface area (TPSA) is 78.4 Å². The van der Waals surface area contributed by atoms with Crippen molar-refractivity contribution in [3.05, 3.63) is 18.2 Å². The summed E-state index contributed by atoms with van der Waals surface area (Å²) < 4.78 is 89.4. The lowest BCUT2D eigenvalue weighted by Crippen LogP contribution is -2.57. The average Bonchev–Trinajstić information content (AvgIpc) is 2.56. The highest BCUT2D eigenvalue weighted by Gasteiger charge is 2.76. The zero-order chi connectivity index (χ0) is 21.8. The Morgan fingerprint density at radius 1 is 1.00 bits per heavy atom. The van der Waals surface area contributed by atoms with E-state index in [-0.39, 0.29) is 6.42 Å². The van der Waals surface area contributed by atoms with Gasteiger partial charge in [-0.05, 0) is 18.6 Å². The zero-order valence-electron chi connectivity index (χ0n) is 14.5. The molecule has 0 atom stereocenters. The van der Waals surface area contributed by atoms with Crippen LogP contribution < -0.4 is 10.6 Å². The van der Waals surface area contributed by atoms with Crippen molar-refractivity contribution in [2.75, 3.05) is 10.6 Å². The van der Waals surface area contributed by atoms with Gasteiger partial charge in [-0.15, -0.1) is 0 Å². The van der Waals surface area contributed by atoms with Crippen molar-refractivity contribution in [2.45, 2.75) is 50.6 Å². The molecular weight excluding hydrogens is 401 g/mol. The fraction of sp³-hybridized carbons (Fsp3) is 0.500. The summed E-state index contributed by atoms with van der Waals surface area (Å²) in [6.07, 6.45) is -4.72. The molecule has 1 aromatic carbocycles. The molecule has 0 bridgehead atoms. The zero-order valence-corrected chi connectivity index (χ0v) is 14.5. The minimum absolute atomic E-state index is 0.000806. The van der Waals surface area contributed by atoms with E-state index in [1.165, 1.54) is 0 Å². The standard InChI is InChI=1S/C16H17F7N2O3/c1-2-3-4-8-11(27)24-9-6-5-7-10(26)12(9)25-13(28)14(17,18)15(19,20)16(21,22)23/h5-7,26H,2-4,8H2,1H3,(H,24,27)(H,25,28). The summed E-state index contributed by atoms with van der Waals surface area (Å²) in [7, 11) is 0. The molecule has 158 valence electrons. The Hall–Kier alpha value is -2.53. The van der Waals surface area contributed by atoms with Gasteiger partial charge in [0, 0.05) is 6.42 Å². The number of benzene rings is 1. The highest BCUT2D eigenvalue weighted by molar-refractivity contribution is 6.03. The van der Waals surface area contributed by atoms with E-state index in [0.29, 0.717) is 12.8 Å². The molecule has 1 aromatic rings. The number of rotatable bonds is 8. The molecule has 0 fully saturated rings. The summed E-state index contributed by atoms with van der Waals surface area (Å²) in [4.78, 5) is 23.3. The number of anilines is 2. The molecule has 0 saturated carbocycles. The average molecular weight is 418 g/mol. The second-order valence-electron chi connectivity index (χ2n) is 5.81. The van der Waals surface area contributed by atoms with Gasteiger partial charge in [-0.1, -0.05) is 25.8 Å². The Kier molecular flexibility index (Phi) is 7.26. The Bertz CT molecular complexity index is 721. The van der Waals surface area contributed by atoms with E-state index in [0.717, 1.165) is 29.9 Å². The summed E-state index contributed by atoms with van der Waals surface area (Å²) in [5, 5.41) is 13.0. The molecule has 0 heterocycles. The van der Waals surface area contributed by atoms with E-state index in [4.69, 9.17) is 0 Å². The first-order chi connectivity index (χ1) is 12.8. The van der Waals surface area contributed by atoms with Gasteiger partial charge in [-0.3, -0.25) is 9.59 Å². The Morgan fingerprint density at radius 2 is 1.61 bits per heavy atom. The van der Waals surface area contributed by atoms with Gasteiger partial charge in [0.25, 0.3) is 0 Å². The Labute approximate surface area is 154 Å². The van der Waals surface area contributed by atoms with Crippen LogP contribution in [0.4, 0.5) is 42.1 Å². The smallest absolute Gasteiger partial charge is 0.460 e. The monoisotopic (exact) mass is 418 g/mol. The number of carbonyl (C=O) groups is 2. The Balaban J connectivity index is 3.08.